The average Bonchev–Trinajstić information content (AvgIpc) is 2.61. The van der Waals surface area contributed by atoms with E-state index in [1.165, 1.54) is 0 Å². The van der Waals surface area contributed by atoms with Crippen molar-refractivity contribution in [2.45, 2.75) is 54.9 Å². The minimum atomic E-state index is 0. The summed E-state index contributed by atoms with van der Waals surface area (Å²) in [6, 6.07) is 11.5. The Hall–Kier alpha value is -2.29. The minimum absolute atomic E-state index is 0. The van der Waals surface area contributed by atoms with Crippen LogP contribution >= 0.6 is 0 Å². The van der Waals surface area contributed by atoms with Gasteiger partial charge in [0, 0.05) is 7.85 Å². The number of carbonyl (C=O) groups is 1. The Morgan fingerprint density at radius 1 is 0.920 bits per heavy atom. The largest absolute Gasteiger partial charge is 0.497 e. The summed E-state index contributed by atoms with van der Waals surface area (Å²) in [4.78, 5) is 11.2. The third-order valence-corrected chi connectivity index (χ3v) is 3.25. The highest BCUT2D eigenvalue weighted by Gasteiger charge is 2.09. The molecule has 0 bridgehead atoms. The number of aryl methyl sites for hydroxylation is 2. The maximum Gasteiger partial charge on any atom is 0.134 e. The molecule has 0 unspecified atom stereocenters. The molecule has 0 aliphatic carbocycles. The molecule has 2 aromatic rings. The van der Waals surface area contributed by atoms with E-state index in [1.807, 2.05) is 77.9 Å². The van der Waals surface area contributed by atoms with Crippen LogP contribution < -0.4 is 9.47 Å². The lowest BCUT2D eigenvalue weighted by Gasteiger charge is -2.14. The smallest absolute Gasteiger partial charge is 0.134 e. The van der Waals surface area contributed by atoms with E-state index in [-0.39, 0.29) is 7.21 Å². The molecular weight excluding hydrogens is 312 g/mol. The lowest BCUT2D eigenvalue weighted by Crippen LogP contribution is -1.99. The molecule has 0 aliphatic rings. The number of Topliss-reactive ketones (excluding diaryl/α,β-unsaturated/α-hetero) is 1. The standard InChI is InChI=1S/C18H20O3.2C2H6.H2/c1-12-9-15(11-14(3)19)10-13(2)18(12)21-17-7-5-16(20-4)6-8-17;2*1-2;/h5-10H,11H2,1-4H3;2*1-2H3;1H. The van der Waals surface area contributed by atoms with Crippen molar-refractivity contribution in [1.29, 1.82) is 0 Å². The normalized spacial score (nSPS) is 9.12. The van der Waals surface area contributed by atoms with Crippen molar-refractivity contribution in [3.63, 3.8) is 0 Å². The van der Waals surface area contributed by atoms with Gasteiger partial charge in [0.1, 0.15) is 23.0 Å². The van der Waals surface area contributed by atoms with Gasteiger partial charge in [-0.2, -0.15) is 0 Å². The highest BCUT2D eigenvalue weighted by atomic mass is 16.5. The van der Waals surface area contributed by atoms with Crippen molar-refractivity contribution in [3.05, 3.63) is 53.1 Å². The molecule has 0 N–H and O–H groups in total. The molecular formula is C22H34O3. The predicted molar refractivity (Wildman–Crippen MR) is 108 cm³/mol. The van der Waals surface area contributed by atoms with E-state index in [9.17, 15) is 4.79 Å². The van der Waals surface area contributed by atoms with Crippen molar-refractivity contribution in [2.24, 2.45) is 0 Å². The average molecular weight is 347 g/mol. The molecule has 0 amide bonds. The Morgan fingerprint density at radius 2 is 1.36 bits per heavy atom. The van der Waals surface area contributed by atoms with Gasteiger partial charge in [-0.3, -0.25) is 4.79 Å². The third kappa shape index (κ3) is 7.42. The van der Waals surface area contributed by atoms with E-state index in [4.69, 9.17) is 9.47 Å². The van der Waals surface area contributed by atoms with Crippen LogP contribution in [0.5, 0.6) is 17.2 Å². The van der Waals surface area contributed by atoms with Crippen LogP contribution in [0.1, 0.15) is 52.7 Å². The molecule has 2 aromatic carbocycles. The molecule has 0 atom stereocenters. The summed E-state index contributed by atoms with van der Waals surface area (Å²) in [5, 5.41) is 0. The Labute approximate surface area is 154 Å². The van der Waals surface area contributed by atoms with Crippen LogP contribution in [-0.4, -0.2) is 12.9 Å². The first-order valence-corrected chi connectivity index (χ1v) is 8.91. The molecule has 3 nitrogen and oxygen atoms in total. The zero-order valence-corrected chi connectivity index (χ0v) is 16.9. The summed E-state index contributed by atoms with van der Waals surface area (Å²) < 4.78 is 11.1. The summed E-state index contributed by atoms with van der Waals surface area (Å²) in [6.07, 6.45) is 0.463. The first-order chi connectivity index (χ1) is 12.0. The quantitative estimate of drug-likeness (QED) is 0.617. The van der Waals surface area contributed by atoms with Gasteiger partial charge < -0.3 is 9.47 Å². The Balaban J connectivity index is 0. The first kappa shape index (κ1) is 22.7. The molecule has 0 aliphatic heterocycles. The molecule has 0 saturated carbocycles. The van der Waals surface area contributed by atoms with Crippen LogP contribution in [0.3, 0.4) is 0 Å². The monoisotopic (exact) mass is 346 g/mol. The van der Waals surface area contributed by atoms with Crippen LogP contribution in [0.25, 0.3) is 0 Å². The second-order valence-corrected chi connectivity index (χ2v) is 5.22. The fourth-order valence-electron chi connectivity index (χ4n) is 2.35. The maximum absolute atomic E-state index is 11.2. The summed E-state index contributed by atoms with van der Waals surface area (Å²) in [5.74, 6) is 2.57. The van der Waals surface area contributed by atoms with Crippen molar-refractivity contribution in [2.75, 3.05) is 7.11 Å². The second kappa shape index (κ2) is 12.1. The molecule has 3 heteroatoms. The first-order valence-electron chi connectivity index (χ1n) is 8.91. The Morgan fingerprint density at radius 3 is 1.76 bits per heavy atom. The van der Waals surface area contributed by atoms with Crippen LogP contribution in [-0.2, 0) is 11.2 Å². The number of carbonyl (C=O) groups excluding carboxylic acids is 1. The summed E-state index contributed by atoms with van der Waals surface area (Å²) in [6.45, 7) is 13.6. The SMILES string of the molecule is CC.CC.COc1ccc(Oc2c(C)cc(CC(C)=O)cc2C)cc1.[HH]. The van der Waals surface area contributed by atoms with E-state index >= 15 is 0 Å². The molecule has 140 valence electrons. The van der Waals surface area contributed by atoms with Gasteiger partial charge >= 0.3 is 0 Å². The highest BCUT2D eigenvalue weighted by Crippen LogP contribution is 2.30. The zero-order chi connectivity index (χ0) is 19.4. The molecule has 0 fully saturated rings. The van der Waals surface area contributed by atoms with Crippen LogP contribution in [0.2, 0.25) is 0 Å². The minimum Gasteiger partial charge on any atom is -0.497 e. The van der Waals surface area contributed by atoms with Gasteiger partial charge in [-0.15, -0.1) is 0 Å². The molecule has 0 aromatic heterocycles. The van der Waals surface area contributed by atoms with E-state index in [0.717, 1.165) is 33.9 Å². The summed E-state index contributed by atoms with van der Waals surface area (Å²) >= 11 is 0. The molecule has 0 saturated heterocycles. The number of benzene rings is 2. The summed E-state index contributed by atoms with van der Waals surface area (Å²) in [5.41, 5.74) is 3.09. The Kier molecular flexibility index (Phi) is 11.0. The number of methoxy groups -OCH3 is 1. The predicted octanol–water partition coefficient (Wildman–Crippen LogP) is 6.53. The number of hydrogen-bond donors (Lipinski definition) is 0. The van der Waals surface area contributed by atoms with Gasteiger partial charge in [0.05, 0.1) is 7.11 Å². The lowest BCUT2D eigenvalue weighted by atomic mass is 10.0. The van der Waals surface area contributed by atoms with E-state index < -0.39 is 0 Å². The fraction of sp³-hybridized carbons (Fsp3) is 0.409. The van der Waals surface area contributed by atoms with Gasteiger partial charge in [-0.05, 0) is 61.7 Å². The fourth-order valence-corrected chi connectivity index (χ4v) is 2.35. The second-order valence-electron chi connectivity index (χ2n) is 5.22. The van der Waals surface area contributed by atoms with Crippen molar-refractivity contribution >= 4 is 5.78 Å². The van der Waals surface area contributed by atoms with Gasteiger partial charge in [-0.25, -0.2) is 0 Å². The zero-order valence-electron chi connectivity index (χ0n) is 16.9. The van der Waals surface area contributed by atoms with Crippen LogP contribution in [0, 0.1) is 13.8 Å². The number of ether oxygens (including phenoxy) is 2. The molecule has 0 spiro atoms. The van der Waals surface area contributed by atoms with Gasteiger partial charge in [-0.1, -0.05) is 39.8 Å². The van der Waals surface area contributed by atoms with Crippen molar-refractivity contribution in [3.8, 4) is 17.2 Å². The van der Waals surface area contributed by atoms with Gasteiger partial charge in [0.15, 0.2) is 0 Å². The Bertz CT molecular complexity index is 626. The lowest BCUT2D eigenvalue weighted by molar-refractivity contribution is -0.116. The number of hydrogen-bond acceptors (Lipinski definition) is 3. The van der Waals surface area contributed by atoms with Crippen molar-refractivity contribution < 1.29 is 15.7 Å². The van der Waals surface area contributed by atoms with E-state index in [2.05, 4.69) is 0 Å². The number of rotatable bonds is 5. The number of ketones is 1. The van der Waals surface area contributed by atoms with Gasteiger partial charge in [0.25, 0.3) is 0 Å². The van der Waals surface area contributed by atoms with E-state index in [0.29, 0.717) is 6.42 Å². The molecule has 0 radical (unpaired) electrons. The van der Waals surface area contributed by atoms with Crippen molar-refractivity contribution in [1.82, 2.24) is 0 Å². The van der Waals surface area contributed by atoms with Gasteiger partial charge in [0.2, 0.25) is 0 Å². The topological polar surface area (TPSA) is 35.5 Å². The molecule has 2 rings (SSSR count). The van der Waals surface area contributed by atoms with E-state index in [1.54, 1.807) is 14.0 Å². The molecule has 25 heavy (non-hydrogen) atoms. The molecule has 0 heterocycles. The highest BCUT2D eigenvalue weighted by molar-refractivity contribution is 5.78. The third-order valence-electron chi connectivity index (χ3n) is 3.25. The van der Waals surface area contributed by atoms with Crippen LogP contribution in [0.4, 0.5) is 0 Å². The summed E-state index contributed by atoms with van der Waals surface area (Å²) in [7, 11) is 1.64. The maximum atomic E-state index is 11.2. The van der Waals surface area contributed by atoms with Crippen LogP contribution in [0.15, 0.2) is 36.4 Å².